The highest BCUT2D eigenvalue weighted by molar-refractivity contribution is 5.20. The first kappa shape index (κ1) is 12.7. The Labute approximate surface area is 108 Å². The Bertz CT molecular complexity index is 425. The molecule has 18 heavy (non-hydrogen) atoms. The number of hydrogen-bond acceptors (Lipinski definition) is 3. The fourth-order valence-electron chi connectivity index (χ4n) is 1.91. The fraction of sp³-hybridized carbons (Fsp3) is 0.333. The van der Waals surface area contributed by atoms with Crippen LogP contribution in [0.2, 0.25) is 0 Å². The summed E-state index contributed by atoms with van der Waals surface area (Å²) >= 11 is 0. The number of furan rings is 1. The van der Waals surface area contributed by atoms with E-state index in [1.165, 1.54) is 0 Å². The molecular formula is C15H19NO2. The van der Waals surface area contributed by atoms with Crippen LogP contribution in [0.5, 0.6) is 5.75 Å². The van der Waals surface area contributed by atoms with Crippen molar-refractivity contribution in [2.45, 2.75) is 18.9 Å². The average Bonchev–Trinajstić information content (AvgIpc) is 2.94. The van der Waals surface area contributed by atoms with Gasteiger partial charge in [-0.3, -0.25) is 0 Å². The van der Waals surface area contributed by atoms with Gasteiger partial charge in [0.1, 0.15) is 11.5 Å². The van der Waals surface area contributed by atoms with Gasteiger partial charge in [0, 0.05) is 0 Å². The van der Waals surface area contributed by atoms with Gasteiger partial charge in [0.2, 0.25) is 0 Å². The van der Waals surface area contributed by atoms with Crippen molar-refractivity contribution in [2.75, 3.05) is 13.7 Å². The third-order valence-corrected chi connectivity index (χ3v) is 2.88. The van der Waals surface area contributed by atoms with Crippen LogP contribution in [0.25, 0.3) is 0 Å². The molecule has 96 valence electrons. The predicted molar refractivity (Wildman–Crippen MR) is 71.7 cm³/mol. The highest BCUT2D eigenvalue weighted by atomic mass is 16.5. The molecule has 0 spiro atoms. The summed E-state index contributed by atoms with van der Waals surface area (Å²) in [6.07, 6.45) is 3.69. The number of nitrogens with one attached hydrogen (secondary N) is 1. The van der Waals surface area contributed by atoms with Crippen LogP contribution in [0, 0.1) is 0 Å². The monoisotopic (exact) mass is 245 g/mol. The maximum Gasteiger partial charge on any atom is 0.120 e. The molecule has 0 aliphatic heterocycles. The van der Waals surface area contributed by atoms with Gasteiger partial charge in [0.25, 0.3) is 0 Å². The molecule has 2 aromatic rings. The van der Waals surface area contributed by atoms with E-state index in [4.69, 9.17) is 9.15 Å². The van der Waals surface area contributed by atoms with Gasteiger partial charge >= 0.3 is 0 Å². The molecule has 1 unspecified atom stereocenters. The summed E-state index contributed by atoms with van der Waals surface area (Å²) in [6, 6.07) is 14.1. The normalized spacial score (nSPS) is 12.3. The lowest BCUT2D eigenvalue weighted by molar-refractivity contribution is 0.291. The summed E-state index contributed by atoms with van der Waals surface area (Å²) in [7, 11) is 1.95. The number of benzene rings is 1. The first-order valence-corrected chi connectivity index (χ1v) is 6.28. The quantitative estimate of drug-likeness (QED) is 0.759. The summed E-state index contributed by atoms with van der Waals surface area (Å²) < 4.78 is 11.1. The third kappa shape index (κ3) is 3.64. The van der Waals surface area contributed by atoms with Gasteiger partial charge in [-0.25, -0.2) is 0 Å². The van der Waals surface area contributed by atoms with Crippen LogP contribution in [0.15, 0.2) is 53.1 Å². The molecule has 0 bridgehead atoms. The maximum absolute atomic E-state index is 5.66. The molecule has 0 fully saturated rings. The highest BCUT2D eigenvalue weighted by Gasteiger charge is 2.11. The second-order valence-electron chi connectivity index (χ2n) is 4.16. The maximum atomic E-state index is 5.66. The Morgan fingerprint density at radius 1 is 1.17 bits per heavy atom. The first-order chi connectivity index (χ1) is 8.90. The highest BCUT2D eigenvalue weighted by Crippen LogP contribution is 2.18. The van der Waals surface area contributed by atoms with Crippen molar-refractivity contribution in [3.05, 3.63) is 54.5 Å². The summed E-state index contributed by atoms with van der Waals surface area (Å²) in [5, 5.41) is 3.25. The van der Waals surface area contributed by atoms with E-state index in [9.17, 15) is 0 Å². The van der Waals surface area contributed by atoms with Gasteiger partial charge in [0.05, 0.1) is 18.9 Å². The van der Waals surface area contributed by atoms with Crippen molar-refractivity contribution in [1.82, 2.24) is 5.32 Å². The van der Waals surface area contributed by atoms with Crippen LogP contribution in [-0.4, -0.2) is 13.7 Å². The zero-order chi connectivity index (χ0) is 12.6. The Morgan fingerprint density at radius 2 is 2.00 bits per heavy atom. The van der Waals surface area contributed by atoms with Crippen molar-refractivity contribution >= 4 is 0 Å². The molecule has 1 atom stereocenters. The number of ether oxygens (including phenoxy) is 1. The standard InChI is InChI=1S/C15H19NO2/c1-16-14(15-10-6-12-18-15)9-5-11-17-13-7-3-2-4-8-13/h2-4,6-8,10,12,14,16H,5,9,11H2,1H3. The van der Waals surface area contributed by atoms with Crippen molar-refractivity contribution < 1.29 is 9.15 Å². The van der Waals surface area contributed by atoms with E-state index in [2.05, 4.69) is 5.32 Å². The minimum atomic E-state index is 0.263. The van der Waals surface area contributed by atoms with E-state index in [1.54, 1.807) is 6.26 Å². The van der Waals surface area contributed by atoms with Crippen molar-refractivity contribution in [3.63, 3.8) is 0 Å². The predicted octanol–water partition coefficient (Wildman–Crippen LogP) is 3.40. The SMILES string of the molecule is CNC(CCCOc1ccccc1)c1ccco1. The van der Waals surface area contributed by atoms with Gasteiger partial charge in [0.15, 0.2) is 0 Å². The van der Waals surface area contributed by atoms with Crippen LogP contribution in [0.4, 0.5) is 0 Å². The van der Waals surface area contributed by atoms with Gasteiger partial charge in [-0.2, -0.15) is 0 Å². The summed E-state index contributed by atoms with van der Waals surface area (Å²) in [5.41, 5.74) is 0. The molecule has 3 nitrogen and oxygen atoms in total. The molecular weight excluding hydrogens is 226 g/mol. The average molecular weight is 245 g/mol. The van der Waals surface area contributed by atoms with Crippen LogP contribution in [-0.2, 0) is 0 Å². The molecule has 0 aliphatic carbocycles. The van der Waals surface area contributed by atoms with E-state index in [1.807, 2.05) is 49.5 Å². The lowest BCUT2D eigenvalue weighted by Crippen LogP contribution is -2.16. The van der Waals surface area contributed by atoms with Gasteiger partial charge in [-0.15, -0.1) is 0 Å². The number of para-hydroxylation sites is 1. The molecule has 0 aliphatic rings. The Hall–Kier alpha value is -1.74. The van der Waals surface area contributed by atoms with Crippen molar-refractivity contribution in [3.8, 4) is 5.75 Å². The molecule has 0 amide bonds. The van der Waals surface area contributed by atoms with Crippen LogP contribution in [0.3, 0.4) is 0 Å². The summed E-state index contributed by atoms with van der Waals surface area (Å²) in [6.45, 7) is 0.725. The third-order valence-electron chi connectivity index (χ3n) is 2.88. The Morgan fingerprint density at radius 3 is 2.67 bits per heavy atom. The number of hydrogen-bond donors (Lipinski definition) is 1. The van der Waals surface area contributed by atoms with E-state index < -0.39 is 0 Å². The van der Waals surface area contributed by atoms with E-state index in [0.29, 0.717) is 0 Å². The summed E-state index contributed by atoms with van der Waals surface area (Å²) in [5.74, 6) is 1.91. The van der Waals surface area contributed by atoms with E-state index in [-0.39, 0.29) is 6.04 Å². The molecule has 1 aromatic carbocycles. The zero-order valence-electron chi connectivity index (χ0n) is 10.6. The molecule has 0 saturated heterocycles. The van der Waals surface area contributed by atoms with Crippen molar-refractivity contribution in [2.24, 2.45) is 0 Å². The minimum absolute atomic E-state index is 0.263. The van der Waals surface area contributed by atoms with Crippen LogP contribution >= 0.6 is 0 Å². The van der Waals surface area contributed by atoms with Gasteiger partial charge in [-0.1, -0.05) is 18.2 Å². The van der Waals surface area contributed by atoms with Crippen LogP contribution in [0.1, 0.15) is 24.6 Å². The smallest absolute Gasteiger partial charge is 0.120 e. The Balaban J connectivity index is 1.71. The van der Waals surface area contributed by atoms with Crippen LogP contribution < -0.4 is 10.1 Å². The lowest BCUT2D eigenvalue weighted by Gasteiger charge is -2.13. The molecule has 1 N–H and O–H groups in total. The minimum Gasteiger partial charge on any atom is -0.494 e. The van der Waals surface area contributed by atoms with Gasteiger partial charge in [-0.05, 0) is 44.2 Å². The fourth-order valence-corrected chi connectivity index (χ4v) is 1.91. The molecule has 2 rings (SSSR count). The second-order valence-corrected chi connectivity index (χ2v) is 4.16. The molecule has 0 saturated carbocycles. The van der Waals surface area contributed by atoms with Gasteiger partial charge < -0.3 is 14.5 Å². The molecule has 1 aromatic heterocycles. The molecule has 0 radical (unpaired) electrons. The van der Waals surface area contributed by atoms with E-state index in [0.717, 1.165) is 31.0 Å². The largest absolute Gasteiger partial charge is 0.494 e. The topological polar surface area (TPSA) is 34.4 Å². The zero-order valence-corrected chi connectivity index (χ0v) is 10.6. The summed E-state index contributed by atoms with van der Waals surface area (Å²) in [4.78, 5) is 0. The number of rotatable bonds is 7. The first-order valence-electron chi connectivity index (χ1n) is 6.28. The second kappa shape index (κ2) is 6.87. The molecule has 3 heteroatoms. The lowest BCUT2D eigenvalue weighted by atomic mass is 10.1. The van der Waals surface area contributed by atoms with Crippen molar-refractivity contribution in [1.29, 1.82) is 0 Å². The Kier molecular flexibility index (Phi) is 4.85. The molecule has 1 heterocycles. The van der Waals surface area contributed by atoms with E-state index >= 15 is 0 Å².